The molecule has 1 amide bonds. The second-order valence-corrected chi connectivity index (χ2v) is 6.99. The van der Waals surface area contributed by atoms with Gasteiger partial charge in [0.25, 0.3) is 11.6 Å². The first-order valence-electron chi connectivity index (χ1n) is 9.34. The number of aryl methyl sites for hydroxylation is 1. The lowest BCUT2D eigenvalue weighted by atomic mass is 10.1. The lowest BCUT2D eigenvalue weighted by Gasteiger charge is -2.18. The molecule has 0 fully saturated rings. The van der Waals surface area contributed by atoms with E-state index in [1.54, 1.807) is 36.0 Å². The molecule has 1 N–H and O–H groups in total. The Labute approximate surface area is 173 Å². The van der Waals surface area contributed by atoms with E-state index >= 15 is 0 Å². The van der Waals surface area contributed by atoms with E-state index in [9.17, 15) is 14.9 Å². The highest BCUT2D eigenvalue weighted by Gasteiger charge is 2.22. The lowest BCUT2D eigenvalue weighted by Crippen LogP contribution is -2.27. The van der Waals surface area contributed by atoms with E-state index in [2.05, 4.69) is 20.5 Å². The first-order valence-corrected chi connectivity index (χ1v) is 9.34. The van der Waals surface area contributed by atoms with Gasteiger partial charge in [0.2, 0.25) is 0 Å². The van der Waals surface area contributed by atoms with E-state index in [4.69, 9.17) is 0 Å². The average Bonchev–Trinajstić information content (AvgIpc) is 3.06. The third-order valence-corrected chi connectivity index (χ3v) is 4.85. The summed E-state index contributed by atoms with van der Waals surface area (Å²) >= 11 is 0. The molecule has 156 valence electrons. The number of benzene rings is 1. The number of hydrogen-bond acceptors (Lipinski definition) is 7. The predicted molar refractivity (Wildman–Crippen MR) is 111 cm³/mol. The number of nitro groups is 1. The van der Waals surface area contributed by atoms with Crippen molar-refractivity contribution >= 4 is 17.3 Å². The molecule has 30 heavy (non-hydrogen) atoms. The van der Waals surface area contributed by atoms with Crippen LogP contribution in [-0.2, 0) is 13.6 Å². The van der Waals surface area contributed by atoms with E-state index in [0.29, 0.717) is 11.5 Å². The number of hydrogen-bond donors (Lipinski definition) is 1. The summed E-state index contributed by atoms with van der Waals surface area (Å²) in [5.74, 6) is 1.02. The molecule has 1 atom stereocenters. The van der Waals surface area contributed by atoms with E-state index in [0.717, 1.165) is 11.5 Å². The van der Waals surface area contributed by atoms with Gasteiger partial charge in [-0.05, 0) is 38.1 Å². The summed E-state index contributed by atoms with van der Waals surface area (Å²) in [4.78, 5) is 29.6. The van der Waals surface area contributed by atoms with Crippen LogP contribution in [0.25, 0.3) is 0 Å². The molecule has 10 heteroatoms. The lowest BCUT2D eigenvalue weighted by molar-refractivity contribution is -0.384. The van der Waals surface area contributed by atoms with Crippen molar-refractivity contribution < 1.29 is 9.72 Å². The van der Waals surface area contributed by atoms with Gasteiger partial charge in [-0.1, -0.05) is 6.07 Å². The molecular formula is C20H23N7O3. The topological polar surface area (TPSA) is 119 Å². The number of amides is 1. The molecule has 2 heterocycles. The zero-order chi connectivity index (χ0) is 21.8. The predicted octanol–water partition coefficient (Wildman–Crippen LogP) is 2.87. The van der Waals surface area contributed by atoms with E-state index in [1.165, 1.54) is 11.0 Å². The van der Waals surface area contributed by atoms with Gasteiger partial charge in [-0.2, -0.15) is 0 Å². The number of nitrogens with zero attached hydrogens (tertiary/aromatic N) is 6. The normalized spacial score (nSPS) is 11.7. The first kappa shape index (κ1) is 20.9. The van der Waals surface area contributed by atoms with Gasteiger partial charge in [0.1, 0.15) is 11.5 Å². The van der Waals surface area contributed by atoms with Crippen LogP contribution in [0.4, 0.5) is 11.4 Å². The number of nitro benzene ring substituents is 1. The maximum atomic E-state index is 12.8. The average molecular weight is 409 g/mol. The fourth-order valence-electron chi connectivity index (χ4n) is 2.97. The van der Waals surface area contributed by atoms with Crippen LogP contribution in [0.1, 0.15) is 40.7 Å². The molecule has 0 aliphatic carbocycles. The number of pyridine rings is 1. The monoisotopic (exact) mass is 409 g/mol. The smallest absolute Gasteiger partial charge is 0.293 e. The second kappa shape index (κ2) is 8.68. The summed E-state index contributed by atoms with van der Waals surface area (Å²) < 4.78 is 1.79. The van der Waals surface area contributed by atoms with Crippen molar-refractivity contribution in [3.63, 3.8) is 0 Å². The zero-order valence-electron chi connectivity index (χ0n) is 17.2. The van der Waals surface area contributed by atoms with Crippen molar-refractivity contribution in [2.45, 2.75) is 26.4 Å². The molecule has 0 bridgehead atoms. The van der Waals surface area contributed by atoms with Gasteiger partial charge in [0, 0.05) is 31.9 Å². The minimum atomic E-state index is -0.504. The fraction of sp³-hybridized carbons (Fsp3) is 0.300. The van der Waals surface area contributed by atoms with Gasteiger partial charge in [0.15, 0.2) is 5.82 Å². The molecular weight excluding hydrogens is 386 g/mol. The summed E-state index contributed by atoms with van der Waals surface area (Å²) in [6, 6.07) is 9.65. The van der Waals surface area contributed by atoms with Crippen molar-refractivity contribution in [1.29, 1.82) is 0 Å². The Morgan fingerprint density at radius 2 is 2.07 bits per heavy atom. The molecule has 0 saturated carbocycles. The Balaban J connectivity index is 1.81. The summed E-state index contributed by atoms with van der Waals surface area (Å²) in [6.45, 7) is 3.92. The van der Waals surface area contributed by atoms with Gasteiger partial charge >= 0.3 is 0 Å². The van der Waals surface area contributed by atoms with Gasteiger partial charge in [-0.3, -0.25) is 19.9 Å². The van der Waals surface area contributed by atoms with Gasteiger partial charge in [-0.25, -0.2) is 0 Å². The minimum Gasteiger partial charge on any atom is -0.371 e. The largest absolute Gasteiger partial charge is 0.371 e. The van der Waals surface area contributed by atoms with E-state index in [-0.39, 0.29) is 29.7 Å². The third kappa shape index (κ3) is 4.43. The molecule has 2 aromatic heterocycles. The van der Waals surface area contributed by atoms with Gasteiger partial charge in [0.05, 0.1) is 23.2 Å². The van der Waals surface area contributed by atoms with Crippen LogP contribution in [0.3, 0.4) is 0 Å². The Bertz CT molecular complexity index is 1070. The highest BCUT2D eigenvalue weighted by atomic mass is 16.6. The number of nitrogens with one attached hydrogen (secondary N) is 1. The number of carbonyl (C=O) groups is 1. The van der Waals surface area contributed by atoms with Crippen LogP contribution in [0, 0.1) is 17.0 Å². The molecule has 0 radical (unpaired) electrons. The third-order valence-electron chi connectivity index (χ3n) is 4.85. The molecule has 0 aliphatic rings. The Morgan fingerprint density at radius 3 is 2.67 bits per heavy atom. The molecule has 0 aliphatic heterocycles. The van der Waals surface area contributed by atoms with Crippen LogP contribution < -0.4 is 5.32 Å². The SMILES string of the molecule is Cc1nnc(CN(C)C(=O)c2ccc(NC(C)c3ccccn3)c([N+](=O)[O-])c2)n1C. The van der Waals surface area contributed by atoms with E-state index in [1.807, 2.05) is 33.0 Å². The number of carbonyl (C=O) groups excluding carboxylic acids is 1. The summed E-state index contributed by atoms with van der Waals surface area (Å²) in [5, 5.41) is 22.8. The molecule has 0 saturated heterocycles. The van der Waals surface area contributed by atoms with Crippen LogP contribution >= 0.6 is 0 Å². The van der Waals surface area contributed by atoms with Crippen LogP contribution in [0.15, 0.2) is 42.6 Å². The number of aromatic nitrogens is 4. The second-order valence-electron chi connectivity index (χ2n) is 6.99. The maximum absolute atomic E-state index is 12.8. The molecule has 1 aromatic carbocycles. The van der Waals surface area contributed by atoms with Crippen LogP contribution in [-0.4, -0.2) is 42.5 Å². The zero-order valence-corrected chi connectivity index (χ0v) is 17.2. The van der Waals surface area contributed by atoms with E-state index < -0.39 is 4.92 Å². The quantitative estimate of drug-likeness (QED) is 0.471. The molecule has 3 rings (SSSR count). The van der Waals surface area contributed by atoms with Crippen molar-refractivity contribution in [2.24, 2.45) is 7.05 Å². The Kier molecular flexibility index (Phi) is 6.05. The minimum absolute atomic E-state index is 0.175. The molecule has 1 unspecified atom stereocenters. The fourth-order valence-corrected chi connectivity index (χ4v) is 2.97. The highest BCUT2D eigenvalue weighted by molar-refractivity contribution is 5.95. The maximum Gasteiger partial charge on any atom is 0.293 e. The summed E-state index contributed by atoms with van der Waals surface area (Å²) in [7, 11) is 3.44. The van der Waals surface area contributed by atoms with Gasteiger partial charge < -0.3 is 14.8 Å². The van der Waals surface area contributed by atoms with Crippen molar-refractivity contribution in [1.82, 2.24) is 24.6 Å². The van der Waals surface area contributed by atoms with Crippen LogP contribution in [0.2, 0.25) is 0 Å². The van der Waals surface area contributed by atoms with Crippen LogP contribution in [0.5, 0.6) is 0 Å². The van der Waals surface area contributed by atoms with Crippen molar-refractivity contribution in [3.8, 4) is 0 Å². The van der Waals surface area contributed by atoms with Crippen molar-refractivity contribution in [2.75, 3.05) is 12.4 Å². The Hall–Kier alpha value is -3.82. The highest BCUT2D eigenvalue weighted by Crippen LogP contribution is 2.29. The molecule has 3 aromatic rings. The number of rotatable bonds is 7. The van der Waals surface area contributed by atoms with Gasteiger partial charge in [-0.15, -0.1) is 10.2 Å². The molecule has 10 nitrogen and oxygen atoms in total. The van der Waals surface area contributed by atoms with Crippen molar-refractivity contribution in [3.05, 3.63) is 75.6 Å². The standard InChI is InChI=1S/C20H23N7O3/c1-13(16-7-5-6-10-21-16)22-17-9-8-15(11-18(17)27(29)30)20(28)25(3)12-19-24-23-14(2)26(19)4/h5-11,13,22H,12H2,1-4H3. The summed E-state index contributed by atoms with van der Waals surface area (Å²) in [6.07, 6.45) is 1.66. The molecule has 0 spiro atoms. The number of anilines is 1. The Morgan fingerprint density at radius 1 is 1.30 bits per heavy atom. The summed E-state index contributed by atoms with van der Waals surface area (Å²) in [5.41, 5.74) is 1.12. The first-order chi connectivity index (χ1) is 14.3.